The zero-order valence-corrected chi connectivity index (χ0v) is 8.51. The Hall–Kier alpha value is -0.770. The van der Waals surface area contributed by atoms with Gasteiger partial charge in [-0.2, -0.15) is 0 Å². The highest BCUT2D eigenvalue weighted by molar-refractivity contribution is 5.67. The van der Waals surface area contributed by atoms with E-state index in [9.17, 15) is 4.79 Å². The second kappa shape index (κ2) is 7.86. The van der Waals surface area contributed by atoms with Gasteiger partial charge in [-0.05, 0) is 13.3 Å². The van der Waals surface area contributed by atoms with Gasteiger partial charge in [0.05, 0.1) is 6.61 Å². The molecule has 0 aromatic rings. The molecule has 4 heteroatoms. The maximum Gasteiger partial charge on any atom is 0.407 e. The lowest BCUT2D eigenvalue weighted by Gasteiger charge is -2.15. The number of amides is 1. The number of alkyl carbamates (subject to hydrolysis) is 1. The minimum atomic E-state index is -0.367. The maximum atomic E-state index is 11.0. The van der Waals surface area contributed by atoms with Crippen molar-refractivity contribution in [1.29, 1.82) is 0 Å². The van der Waals surface area contributed by atoms with Crippen LogP contribution in [0.3, 0.4) is 0 Å². The van der Waals surface area contributed by atoms with Crippen LogP contribution in [-0.4, -0.2) is 25.3 Å². The molecule has 1 amide bonds. The average molecular weight is 188 g/mol. The van der Waals surface area contributed by atoms with Gasteiger partial charge in [0, 0.05) is 12.6 Å². The summed E-state index contributed by atoms with van der Waals surface area (Å²) in [4.78, 5) is 11.0. The molecular weight excluding hydrogens is 168 g/mol. The molecule has 1 atom stereocenters. The van der Waals surface area contributed by atoms with Gasteiger partial charge < -0.3 is 15.8 Å². The molecule has 0 heterocycles. The van der Waals surface area contributed by atoms with Crippen LogP contribution in [0.1, 0.15) is 33.1 Å². The molecular formula is C9H20N2O2. The topological polar surface area (TPSA) is 64.3 Å². The van der Waals surface area contributed by atoms with Crippen LogP contribution in [0.15, 0.2) is 0 Å². The molecule has 78 valence electrons. The van der Waals surface area contributed by atoms with Crippen molar-refractivity contribution in [2.24, 2.45) is 5.73 Å². The molecule has 0 aromatic carbocycles. The first-order valence-electron chi connectivity index (χ1n) is 4.87. The molecule has 0 spiro atoms. The lowest BCUT2D eigenvalue weighted by Crippen LogP contribution is -2.40. The molecule has 0 saturated heterocycles. The van der Waals surface area contributed by atoms with E-state index in [1.807, 2.05) is 0 Å². The smallest absolute Gasteiger partial charge is 0.407 e. The molecule has 0 aliphatic heterocycles. The van der Waals surface area contributed by atoms with Gasteiger partial charge in [-0.1, -0.05) is 19.8 Å². The second-order valence-corrected chi connectivity index (χ2v) is 2.94. The third kappa shape index (κ3) is 6.40. The Balaban J connectivity index is 3.62. The van der Waals surface area contributed by atoms with Crippen LogP contribution in [0.4, 0.5) is 4.79 Å². The largest absolute Gasteiger partial charge is 0.450 e. The van der Waals surface area contributed by atoms with Gasteiger partial charge in [-0.15, -0.1) is 0 Å². The molecule has 0 radical (unpaired) electrons. The van der Waals surface area contributed by atoms with Gasteiger partial charge in [0.2, 0.25) is 0 Å². The van der Waals surface area contributed by atoms with E-state index in [0.717, 1.165) is 19.3 Å². The highest BCUT2D eigenvalue weighted by atomic mass is 16.5. The van der Waals surface area contributed by atoms with E-state index < -0.39 is 0 Å². The normalized spacial score (nSPS) is 12.2. The number of carbonyl (C=O) groups is 1. The third-order valence-corrected chi connectivity index (χ3v) is 1.79. The number of carbonyl (C=O) groups excluding carboxylic acids is 1. The van der Waals surface area contributed by atoms with Crippen molar-refractivity contribution < 1.29 is 9.53 Å². The molecule has 0 aliphatic carbocycles. The van der Waals surface area contributed by atoms with E-state index in [4.69, 9.17) is 10.5 Å². The minimum Gasteiger partial charge on any atom is -0.450 e. The fraction of sp³-hybridized carbons (Fsp3) is 0.889. The fourth-order valence-corrected chi connectivity index (χ4v) is 1.04. The van der Waals surface area contributed by atoms with Gasteiger partial charge in [0.15, 0.2) is 0 Å². The maximum absolute atomic E-state index is 11.0. The van der Waals surface area contributed by atoms with E-state index in [-0.39, 0.29) is 12.1 Å². The molecule has 0 saturated carbocycles. The van der Waals surface area contributed by atoms with Gasteiger partial charge in [0.25, 0.3) is 0 Å². The van der Waals surface area contributed by atoms with Gasteiger partial charge in [-0.3, -0.25) is 0 Å². The summed E-state index contributed by atoms with van der Waals surface area (Å²) < 4.78 is 4.75. The summed E-state index contributed by atoms with van der Waals surface area (Å²) in [6, 6.07) is 0.0546. The molecule has 13 heavy (non-hydrogen) atoms. The highest BCUT2D eigenvalue weighted by Crippen LogP contribution is 1.99. The summed E-state index contributed by atoms with van der Waals surface area (Å²) in [7, 11) is 0. The van der Waals surface area contributed by atoms with Crippen LogP contribution in [0.25, 0.3) is 0 Å². The molecule has 0 fully saturated rings. The Morgan fingerprint density at radius 2 is 2.23 bits per heavy atom. The van der Waals surface area contributed by atoms with Crippen LogP contribution < -0.4 is 11.1 Å². The SMILES string of the molecule is CCCCC(CN)NC(=O)OCC. The van der Waals surface area contributed by atoms with Crippen LogP contribution >= 0.6 is 0 Å². The lowest BCUT2D eigenvalue weighted by molar-refractivity contribution is 0.147. The molecule has 1 unspecified atom stereocenters. The molecule has 0 aliphatic rings. The Kier molecular flexibility index (Phi) is 7.39. The van der Waals surface area contributed by atoms with Crippen LogP contribution in [-0.2, 0) is 4.74 Å². The number of nitrogens with two attached hydrogens (primary N) is 1. The van der Waals surface area contributed by atoms with Crippen molar-refractivity contribution >= 4 is 6.09 Å². The summed E-state index contributed by atoms with van der Waals surface area (Å²) in [6.45, 7) is 4.76. The van der Waals surface area contributed by atoms with Crippen LogP contribution in [0.2, 0.25) is 0 Å². The summed E-state index contributed by atoms with van der Waals surface area (Å²) in [6.07, 6.45) is 2.75. The zero-order chi connectivity index (χ0) is 10.1. The fourth-order valence-electron chi connectivity index (χ4n) is 1.04. The first kappa shape index (κ1) is 12.2. The average Bonchev–Trinajstić information content (AvgIpc) is 2.12. The predicted molar refractivity (Wildman–Crippen MR) is 52.5 cm³/mol. The molecule has 4 nitrogen and oxygen atoms in total. The first-order valence-corrected chi connectivity index (χ1v) is 4.87. The van der Waals surface area contributed by atoms with Crippen molar-refractivity contribution in [1.82, 2.24) is 5.32 Å². The zero-order valence-electron chi connectivity index (χ0n) is 8.51. The summed E-state index contributed by atoms with van der Waals surface area (Å²) in [5.74, 6) is 0. The van der Waals surface area contributed by atoms with Crippen molar-refractivity contribution in [3.63, 3.8) is 0 Å². The van der Waals surface area contributed by atoms with Crippen molar-refractivity contribution in [2.75, 3.05) is 13.2 Å². The highest BCUT2D eigenvalue weighted by Gasteiger charge is 2.09. The Morgan fingerprint density at radius 3 is 2.69 bits per heavy atom. The summed E-state index contributed by atoms with van der Waals surface area (Å²) >= 11 is 0. The minimum absolute atomic E-state index is 0.0546. The number of hydrogen-bond acceptors (Lipinski definition) is 3. The number of ether oxygens (including phenoxy) is 1. The Bertz CT molecular complexity index is 140. The Morgan fingerprint density at radius 1 is 1.54 bits per heavy atom. The van der Waals surface area contributed by atoms with Crippen molar-refractivity contribution in [3.05, 3.63) is 0 Å². The van der Waals surface area contributed by atoms with Crippen LogP contribution in [0.5, 0.6) is 0 Å². The standard InChI is InChI=1S/C9H20N2O2/c1-3-5-6-8(7-10)11-9(12)13-4-2/h8H,3-7,10H2,1-2H3,(H,11,12). The predicted octanol–water partition coefficient (Wildman–Crippen LogP) is 1.25. The number of rotatable bonds is 6. The van der Waals surface area contributed by atoms with Gasteiger partial charge in [0.1, 0.15) is 0 Å². The van der Waals surface area contributed by atoms with Crippen molar-refractivity contribution in [3.8, 4) is 0 Å². The summed E-state index contributed by atoms with van der Waals surface area (Å²) in [5, 5.41) is 2.72. The number of hydrogen-bond donors (Lipinski definition) is 2. The Labute approximate surface area is 79.8 Å². The van der Waals surface area contributed by atoms with E-state index in [1.165, 1.54) is 0 Å². The third-order valence-electron chi connectivity index (χ3n) is 1.79. The molecule has 0 aromatic heterocycles. The number of nitrogens with one attached hydrogen (secondary N) is 1. The van der Waals surface area contributed by atoms with Gasteiger partial charge in [-0.25, -0.2) is 4.79 Å². The first-order chi connectivity index (χ1) is 6.24. The second-order valence-electron chi connectivity index (χ2n) is 2.94. The monoisotopic (exact) mass is 188 g/mol. The molecule has 0 rings (SSSR count). The van der Waals surface area contributed by atoms with Gasteiger partial charge >= 0.3 is 6.09 Å². The number of unbranched alkanes of at least 4 members (excludes halogenated alkanes) is 1. The molecule has 3 N–H and O–H groups in total. The van der Waals surface area contributed by atoms with E-state index in [0.29, 0.717) is 13.2 Å². The van der Waals surface area contributed by atoms with E-state index in [2.05, 4.69) is 12.2 Å². The van der Waals surface area contributed by atoms with Crippen LogP contribution in [0, 0.1) is 0 Å². The van der Waals surface area contributed by atoms with Crippen molar-refractivity contribution in [2.45, 2.75) is 39.2 Å². The van der Waals surface area contributed by atoms with E-state index in [1.54, 1.807) is 6.92 Å². The lowest BCUT2D eigenvalue weighted by atomic mass is 10.1. The van der Waals surface area contributed by atoms with E-state index >= 15 is 0 Å². The quantitative estimate of drug-likeness (QED) is 0.659. The summed E-state index contributed by atoms with van der Waals surface area (Å²) in [5.41, 5.74) is 5.49. The molecule has 0 bridgehead atoms.